The molecule has 0 radical (unpaired) electrons. The van der Waals surface area contributed by atoms with Gasteiger partial charge in [-0.3, -0.25) is 19.5 Å². The average Bonchev–Trinajstić information content (AvgIpc) is 2.86. The Morgan fingerprint density at radius 1 is 1.39 bits per heavy atom. The predicted molar refractivity (Wildman–Crippen MR) is 79.7 cm³/mol. The molecule has 2 heterocycles. The van der Waals surface area contributed by atoms with E-state index in [1.54, 1.807) is 12.1 Å². The summed E-state index contributed by atoms with van der Waals surface area (Å²) in [6, 6.07) is 5.31. The van der Waals surface area contributed by atoms with Gasteiger partial charge in [-0.15, -0.1) is 0 Å². The number of para-hydroxylation sites is 1. The van der Waals surface area contributed by atoms with E-state index < -0.39 is 35.3 Å². The Morgan fingerprint density at radius 3 is 2.83 bits per heavy atom. The van der Waals surface area contributed by atoms with Gasteiger partial charge in [0.1, 0.15) is 6.54 Å². The number of carbonyl (C=O) groups is 2. The van der Waals surface area contributed by atoms with E-state index in [0.717, 1.165) is 5.56 Å². The van der Waals surface area contributed by atoms with Crippen LogP contribution in [0, 0.1) is 6.92 Å². The lowest BCUT2D eigenvalue weighted by atomic mass is 10.2. The van der Waals surface area contributed by atoms with Crippen LogP contribution in [0.5, 0.6) is 5.75 Å². The minimum Gasteiger partial charge on any atom is -0.504 e. The van der Waals surface area contributed by atoms with Crippen molar-refractivity contribution in [2.75, 3.05) is 6.54 Å². The highest BCUT2D eigenvalue weighted by Gasteiger charge is 2.22. The first-order valence-electron chi connectivity index (χ1n) is 6.63. The molecule has 3 aromatic rings. The second-order valence-electron chi connectivity index (χ2n) is 4.95. The standard InChI is InChI=1S/C14H12N4O5/c1-6-3-2-4-7-10(6)16-12-11(21)9(14(23)17-18(7)12)13(22)15-5-8(19)20/h2-4,21H,5H2,1H3,(H,15,22)(H,17,23)(H,19,20). The van der Waals surface area contributed by atoms with Crippen LogP contribution in [0.4, 0.5) is 0 Å². The number of rotatable bonds is 3. The van der Waals surface area contributed by atoms with Gasteiger partial charge < -0.3 is 15.5 Å². The van der Waals surface area contributed by atoms with Gasteiger partial charge in [-0.1, -0.05) is 12.1 Å². The minimum atomic E-state index is -1.27. The summed E-state index contributed by atoms with van der Waals surface area (Å²) in [7, 11) is 0. The molecule has 0 fully saturated rings. The van der Waals surface area contributed by atoms with Gasteiger partial charge in [0.2, 0.25) is 0 Å². The molecule has 0 saturated carbocycles. The quantitative estimate of drug-likeness (QED) is 0.537. The number of hydrogen-bond acceptors (Lipinski definition) is 5. The Balaban J connectivity index is 2.24. The molecule has 1 amide bonds. The molecule has 0 bridgehead atoms. The molecule has 0 saturated heterocycles. The number of aryl methyl sites for hydroxylation is 1. The number of aromatic hydroxyl groups is 1. The smallest absolute Gasteiger partial charge is 0.322 e. The number of aromatic amines is 1. The number of imidazole rings is 1. The first-order chi connectivity index (χ1) is 10.9. The Hall–Kier alpha value is -3.36. The van der Waals surface area contributed by atoms with E-state index in [4.69, 9.17) is 5.11 Å². The van der Waals surface area contributed by atoms with E-state index in [9.17, 15) is 19.5 Å². The second-order valence-corrected chi connectivity index (χ2v) is 4.95. The highest BCUT2D eigenvalue weighted by Crippen LogP contribution is 2.25. The molecule has 118 valence electrons. The van der Waals surface area contributed by atoms with Crippen molar-refractivity contribution in [2.24, 2.45) is 0 Å². The van der Waals surface area contributed by atoms with Crippen LogP contribution in [0.25, 0.3) is 16.7 Å². The van der Waals surface area contributed by atoms with E-state index in [0.29, 0.717) is 11.0 Å². The van der Waals surface area contributed by atoms with Crippen LogP contribution in [0.1, 0.15) is 15.9 Å². The summed E-state index contributed by atoms with van der Waals surface area (Å²) in [5.74, 6) is -2.86. The second kappa shape index (κ2) is 5.13. The number of nitrogens with one attached hydrogen (secondary N) is 2. The van der Waals surface area contributed by atoms with Gasteiger partial charge >= 0.3 is 5.97 Å². The maximum absolute atomic E-state index is 12.1. The first-order valence-corrected chi connectivity index (χ1v) is 6.63. The number of carboxylic acid groups (broad SMARTS) is 1. The molecule has 0 spiro atoms. The van der Waals surface area contributed by atoms with Crippen LogP contribution >= 0.6 is 0 Å². The lowest BCUT2D eigenvalue weighted by molar-refractivity contribution is -0.135. The fraction of sp³-hybridized carbons (Fsp3) is 0.143. The lowest BCUT2D eigenvalue weighted by Gasteiger charge is -2.05. The molecule has 4 N–H and O–H groups in total. The van der Waals surface area contributed by atoms with Crippen LogP contribution in [-0.4, -0.2) is 43.2 Å². The normalized spacial score (nSPS) is 11.0. The van der Waals surface area contributed by atoms with Crippen molar-refractivity contribution in [3.8, 4) is 5.75 Å². The number of nitrogens with zero attached hydrogens (tertiary/aromatic N) is 2. The summed E-state index contributed by atoms with van der Waals surface area (Å²) in [6.45, 7) is 1.16. The van der Waals surface area contributed by atoms with Crippen molar-refractivity contribution in [3.63, 3.8) is 0 Å². The summed E-state index contributed by atoms with van der Waals surface area (Å²) in [5.41, 5.74) is 0.564. The number of amides is 1. The van der Waals surface area contributed by atoms with E-state index in [2.05, 4.69) is 10.1 Å². The molecule has 2 aromatic heterocycles. The number of carbonyl (C=O) groups excluding carboxylic acids is 1. The number of aromatic nitrogens is 3. The number of aliphatic carboxylic acids is 1. The van der Waals surface area contributed by atoms with Gasteiger partial charge in [0.15, 0.2) is 17.0 Å². The third kappa shape index (κ3) is 2.27. The number of carboxylic acids is 1. The first kappa shape index (κ1) is 14.6. The summed E-state index contributed by atoms with van der Waals surface area (Å²) < 4.78 is 1.29. The highest BCUT2D eigenvalue weighted by molar-refractivity contribution is 6.00. The van der Waals surface area contributed by atoms with E-state index in [1.165, 1.54) is 4.52 Å². The van der Waals surface area contributed by atoms with Gasteiger partial charge in [-0.2, -0.15) is 0 Å². The van der Waals surface area contributed by atoms with E-state index in [1.807, 2.05) is 18.3 Å². The summed E-state index contributed by atoms with van der Waals surface area (Å²) in [5, 5.41) is 23.3. The van der Waals surface area contributed by atoms with Gasteiger partial charge in [0.05, 0.1) is 11.0 Å². The molecule has 0 unspecified atom stereocenters. The van der Waals surface area contributed by atoms with Gasteiger partial charge in [0.25, 0.3) is 11.5 Å². The zero-order chi connectivity index (χ0) is 16.7. The Bertz CT molecular complexity index is 1020. The van der Waals surface area contributed by atoms with Crippen molar-refractivity contribution in [3.05, 3.63) is 39.7 Å². The van der Waals surface area contributed by atoms with E-state index >= 15 is 0 Å². The zero-order valence-corrected chi connectivity index (χ0v) is 12.0. The van der Waals surface area contributed by atoms with Crippen molar-refractivity contribution >= 4 is 28.6 Å². The molecule has 3 rings (SSSR count). The van der Waals surface area contributed by atoms with Crippen LogP contribution in [0.3, 0.4) is 0 Å². The fourth-order valence-electron chi connectivity index (χ4n) is 2.34. The van der Waals surface area contributed by atoms with Crippen molar-refractivity contribution < 1.29 is 19.8 Å². The third-order valence-corrected chi connectivity index (χ3v) is 3.40. The topological polar surface area (TPSA) is 137 Å². The van der Waals surface area contributed by atoms with Crippen LogP contribution in [-0.2, 0) is 4.79 Å². The molecule has 0 atom stereocenters. The lowest BCUT2D eigenvalue weighted by Crippen LogP contribution is -2.34. The number of H-pyrrole nitrogens is 1. The Labute approximate surface area is 128 Å². The largest absolute Gasteiger partial charge is 0.504 e. The van der Waals surface area contributed by atoms with E-state index in [-0.39, 0.29) is 5.65 Å². The fourth-order valence-corrected chi connectivity index (χ4v) is 2.34. The Morgan fingerprint density at radius 2 is 2.13 bits per heavy atom. The maximum atomic E-state index is 12.1. The van der Waals surface area contributed by atoms with Crippen LogP contribution < -0.4 is 10.9 Å². The van der Waals surface area contributed by atoms with Gasteiger partial charge in [-0.25, -0.2) is 9.50 Å². The molecule has 0 aliphatic heterocycles. The number of benzene rings is 1. The molecular weight excluding hydrogens is 304 g/mol. The summed E-state index contributed by atoms with van der Waals surface area (Å²) in [4.78, 5) is 38.8. The monoisotopic (exact) mass is 316 g/mol. The molecule has 1 aromatic carbocycles. The minimum absolute atomic E-state index is 0.00868. The summed E-state index contributed by atoms with van der Waals surface area (Å²) in [6.07, 6.45) is 0. The SMILES string of the molecule is Cc1cccc2c1nc1c(O)c(C(=O)NCC(=O)O)c(=O)[nH]n12. The highest BCUT2D eigenvalue weighted by atomic mass is 16.4. The molecule has 9 heteroatoms. The van der Waals surface area contributed by atoms with Crippen LogP contribution in [0.2, 0.25) is 0 Å². The average molecular weight is 316 g/mol. The molecule has 9 nitrogen and oxygen atoms in total. The van der Waals surface area contributed by atoms with Gasteiger partial charge in [-0.05, 0) is 18.6 Å². The van der Waals surface area contributed by atoms with Crippen molar-refractivity contribution in [1.29, 1.82) is 0 Å². The molecular formula is C14H12N4O5. The summed E-state index contributed by atoms with van der Waals surface area (Å²) >= 11 is 0. The van der Waals surface area contributed by atoms with Crippen LogP contribution in [0.15, 0.2) is 23.0 Å². The molecule has 0 aliphatic rings. The maximum Gasteiger partial charge on any atom is 0.322 e. The van der Waals surface area contributed by atoms with Crippen molar-refractivity contribution in [1.82, 2.24) is 19.9 Å². The number of fused-ring (bicyclic) bond motifs is 3. The number of hydrogen-bond donors (Lipinski definition) is 4. The van der Waals surface area contributed by atoms with Crippen molar-refractivity contribution in [2.45, 2.75) is 6.92 Å². The molecule has 0 aliphatic carbocycles. The Kier molecular flexibility index (Phi) is 3.25. The van der Waals surface area contributed by atoms with Gasteiger partial charge in [0, 0.05) is 0 Å². The zero-order valence-electron chi connectivity index (χ0n) is 12.0. The predicted octanol–water partition coefficient (Wildman–Crippen LogP) is 0.00422. The molecule has 23 heavy (non-hydrogen) atoms. The third-order valence-electron chi connectivity index (χ3n) is 3.40.